The van der Waals surface area contributed by atoms with E-state index in [2.05, 4.69) is 15.2 Å². The number of nitro groups is 1. The van der Waals surface area contributed by atoms with Crippen molar-refractivity contribution in [3.05, 3.63) is 38.9 Å². The van der Waals surface area contributed by atoms with Crippen LogP contribution < -0.4 is 0 Å². The first-order chi connectivity index (χ1) is 7.58. The normalized spacial score (nSPS) is 10.3. The molecule has 1 aromatic heterocycles. The van der Waals surface area contributed by atoms with Crippen molar-refractivity contribution in [3.8, 4) is 11.4 Å². The molecular formula is C8H5FN4O2S. The van der Waals surface area contributed by atoms with E-state index in [4.69, 9.17) is 12.2 Å². The second-order valence-electron chi connectivity index (χ2n) is 2.93. The molecule has 0 aliphatic rings. The topological polar surface area (TPSA) is 87.6 Å². The molecule has 6 nitrogen and oxygen atoms in total. The van der Waals surface area contributed by atoms with E-state index in [1.165, 1.54) is 6.07 Å². The number of halogens is 1. The summed E-state index contributed by atoms with van der Waals surface area (Å²) in [7, 11) is 0. The van der Waals surface area contributed by atoms with Crippen molar-refractivity contribution >= 4 is 17.9 Å². The molecule has 0 bridgehead atoms. The lowest BCUT2D eigenvalue weighted by Gasteiger charge is -1.98. The van der Waals surface area contributed by atoms with Gasteiger partial charge in [0.1, 0.15) is 5.82 Å². The van der Waals surface area contributed by atoms with Crippen LogP contribution in [0.2, 0.25) is 0 Å². The van der Waals surface area contributed by atoms with Crippen LogP contribution in [0.15, 0.2) is 18.2 Å². The van der Waals surface area contributed by atoms with Crippen molar-refractivity contribution < 1.29 is 9.31 Å². The fourth-order valence-electron chi connectivity index (χ4n) is 1.25. The third-order valence-corrected chi connectivity index (χ3v) is 2.11. The highest BCUT2D eigenvalue weighted by Gasteiger charge is 2.18. The van der Waals surface area contributed by atoms with Gasteiger partial charge in [-0.3, -0.25) is 20.3 Å². The zero-order chi connectivity index (χ0) is 11.7. The molecule has 0 aliphatic carbocycles. The smallest absolute Gasteiger partial charge is 0.281 e. The standard InChI is InChI=1S/C8H5FN4O2S/c9-4-1-2-5(6(3-4)13(14)15)7-10-8(16)12-11-7/h1-3H,(H2,10,11,12,16). The molecular weight excluding hydrogens is 235 g/mol. The summed E-state index contributed by atoms with van der Waals surface area (Å²) in [6.45, 7) is 0. The van der Waals surface area contributed by atoms with Crippen LogP contribution in [0.1, 0.15) is 0 Å². The van der Waals surface area contributed by atoms with Gasteiger partial charge in [-0.1, -0.05) is 0 Å². The Bertz CT molecular complexity index is 606. The number of nitrogens with zero attached hydrogens (tertiary/aromatic N) is 2. The van der Waals surface area contributed by atoms with Gasteiger partial charge in [0.05, 0.1) is 16.6 Å². The van der Waals surface area contributed by atoms with Crippen LogP contribution in [0.25, 0.3) is 11.4 Å². The third kappa shape index (κ3) is 1.82. The van der Waals surface area contributed by atoms with Crippen LogP contribution in [0.3, 0.4) is 0 Å². The SMILES string of the molecule is O=[N+]([O-])c1cc(F)ccc1-c1nc(=S)[nH][nH]1. The molecule has 0 amide bonds. The fraction of sp³-hybridized carbons (Fsp3) is 0. The Hall–Kier alpha value is -2.09. The van der Waals surface area contributed by atoms with Gasteiger partial charge in [-0.2, -0.15) is 4.98 Å². The number of aromatic amines is 2. The molecule has 1 heterocycles. The largest absolute Gasteiger partial charge is 0.283 e. The number of nitro benzene ring substituents is 1. The van der Waals surface area contributed by atoms with E-state index in [0.717, 1.165) is 12.1 Å². The zero-order valence-corrected chi connectivity index (χ0v) is 8.55. The average molecular weight is 240 g/mol. The first kappa shape index (κ1) is 10.4. The van der Waals surface area contributed by atoms with Crippen molar-refractivity contribution in [1.82, 2.24) is 15.2 Å². The summed E-state index contributed by atoms with van der Waals surface area (Å²) in [5.41, 5.74) is -0.184. The van der Waals surface area contributed by atoms with E-state index in [-0.39, 0.29) is 21.8 Å². The second-order valence-corrected chi connectivity index (χ2v) is 3.32. The van der Waals surface area contributed by atoms with E-state index in [9.17, 15) is 14.5 Å². The minimum atomic E-state index is -0.677. The lowest BCUT2D eigenvalue weighted by atomic mass is 10.1. The van der Waals surface area contributed by atoms with Gasteiger partial charge in [-0.05, 0) is 24.4 Å². The second kappa shape index (κ2) is 3.81. The zero-order valence-electron chi connectivity index (χ0n) is 7.73. The maximum atomic E-state index is 12.9. The first-order valence-corrected chi connectivity index (χ1v) is 4.58. The highest BCUT2D eigenvalue weighted by Crippen LogP contribution is 2.27. The van der Waals surface area contributed by atoms with Crippen LogP contribution in [0.5, 0.6) is 0 Å². The minimum absolute atomic E-state index is 0.175. The number of rotatable bonds is 2. The van der Waals surface area contributed by atoms with E-state index < -0.39 is 10.7 Å². The van der Waals surface area contributed by atoms with Gasteiger partial charge in [0.2, 0.25) is 4.77 Å². The first-order valence-electron chi connectivity index (χ1n) is 4.17. The summed E-state index contributed by atoms with van der Waals surface area (Å²) in [6, 6.07) is 3.23. The predicted octanol–water partition coefficient (Wildman–Crippen LogP) is 2.18. The molecule has 0 saturated heterocycles. The van der Waals surface area contributed by atoms with Crippen molar-refractivity contribution in [2.24, 2.45) is 0 Å². The summed E-state index contributed by atoms with van der Waals surface area (Å²) in [5, 5.41) is 15.8. The molecule has 16 heavy (non-hydrogen) atoms. The molecule has 2 N–H and O–H groups in total. The summed E-state index contributed by atoms with van der Waals surface area (Å²) in [5.74, 6) is -0.471. The highest BCUT2D eigenvalue weighted by atomic mass is 32.1. The molecule has 8 heteroatoms. The summed E-state index contributed by atoms with van der Waals surface area (Å²) >= 11 is 4.73. The summed E-state index contributed by atoms with van der Waals surface area (Å²) < 4.78 is 13.0. The Morgan fingerprint density at radius 2 is 2.19 bits per heavy atom. The quantitative estimate of drug-likeness (QED) is 0.478. The average Bonchev–Trinajstić information content (AvgIpc) is 2.64. The van der Waals surface area contributed by atoms with Crippen molar-refractivity contribution in [2.45, 2.75) is 0 Å². The monoisotopic (exact) mass is 240 g/mol. The number of H-pyrrole nitrogens is 2. The van der Waals surface area contributed by atoms with Crippen LogP contribution in [0, 0.1) is 20.7 Å². The highest BCUT2D eigenvalue weighted by molar-refractivity contribution is 7.71. The van der Waals surface area contributed by atoms with E-state index >= 15 is 0 Å². The van der Waals surface area contributed by atoms with E-state index in [1.807, 2.05) is 0 Å². The van der Waals surface area contributed by atoms with Gasteiger partial charge >= 0.3 is 0 Å². The van der Waals surface area contributed by atoms with Gasteiger partial charge in [-0.25, -0.2) is 4.39 Å². The predicted molar refractivity (Wildman–Crippen MR) is 55.8 cm³/mol. The summed E-state index contributed by atoms with van der Waals surface area (Å²) in [6.07, 6.45) is 0. The van der Waals surface area contributed by atoms with E-state index in [1.54, 1.807) is 0 Å². The van der Waals surface area contributed by atoms with Crippen molar-refractivity contribution in [3.63, 3.8) is 0 Å². The van der Waals surface area contributed by atoms with Gasteiger partial charge in [0.25, 0.3) is 5.69 Å². The Morgan fingerprint density at radius 1 is 1.44 bits per heavy atom. The summed E-state index contributed by atoms with van der Waals surface area (Å²) in [4.78, 5) is 13.9. The molecule has 0 atom stereocenters. The van der Waals surface area contributed by atoms with Crippen LogP contribution >= 0.6 is 12.2 Å². The molecule has 0 unspecified atom stereocenters. The fourth-order valence-corrected chi connectivity index (χ4v) is 1.40. The lowest BCUT2D eigenvalue weighted by molar-refractivity contribution is -0.384. The maximum absolute atomic E-state index is 12.9. The molecule has 2 aromatic rings. The Labute approximate surface area is 93.3 Å². The van der Waals surface area contributed by atoms with E-state index in [0.29, 0.717) is 0 Å². The number of hydrogen-bond donors (Lipinski definition) is 2. The van der Waals surface area contributed by atoms with Gasteiger partial charge < -0.3 is 0 Å². The number of benzene rings is 1. The van der Waals surface area contributed by atoms with Crippen LogP contribution in [0.4, 0.5) is 10.1 Å². The molecule has 0 radical (unpaired) electrons. The Balaban J connectivity index is 2.64. The molecule has 82 valence electrons. The van der Waals surface area contributed by atoms with Crippen molar-refractivity contribution in [1.29, 1.82) is 0 Å². The van der Waals surface area contributed by atoms with Gasteiger partial charge in [0, 0.05) is 0 Å². The maximum Gasteiger partial charge on any atom is 0.283 e. The molecule has 1 aromatic carbocycles. The van der Waals surface area contributed by atoms with Gasteiger partial charge in [0.15, 0.2) is 5.82 Å². The lowest BCUT2D eigenvalue weighted by Crippen LogP contribution is -1.94. The Kier molecular flexibility index (Phi) is 2.49. The molecule has 0 fully saturated rings. The molecule has 2 rings (SSSR count). The van der Waals surface area contributed by atoms with Crippen molar-refractivity contribution in [2.75, 3.05) is 0 Å². The van der Waals surface area contributed by atoms with Crippen LogP contribution in [-0.2, 0) is 0 Å². The third-order valence-electron chi connectivity index (χ3n) is 1.91. The number of aromatic nitrogens is 3. The molecule has 0 saturated carbocycles. The Morgan fingerprint density at radius 3 is 2.75 bits per heavy atom. The van der Waals surface area contributed by atoms with Gasteiger partial charge in [-0.15, -0.1) is 0 Å². The van der Waals surface area contributed by atoms with Crippen LogP contribution in [-0.4, -0.2) is 20.1 Å². The molecule has 0 aliphatic heterocycles. The number of hydrogen-bond acceptors (Lipinski definition) is 4. The number of nitrogens with one attached hydrogen (secondary N) is 2. The molecule has 0 spiro atoms. The minimum Gasteiger partial charge on any atom is -0.281 e.